The minimum absolute atomic E-state index is 0.00358. The fraction of sp³-hybridized carbons (Fsp3) is 0.429. The highest BCUT2D eigenvalue weighted by molar-refractivity contribution is 6.29. The molecule has 8 nitrogen and oxygen atoms in total. The number of rotatable bonds is 8. The van der Waals surface area contributed by atoms with Crippen LogP contribution in [-0.2, 0) is 29.2 Å². The van der Waals surface area contributed by atoms with Crippen molar-refractivity contribution in [2.45, 2.75) is 51.4 Å². The molecule has 0 N–H and O–H groups in total. The van der Waals surface area contributed by atoms with Gasteiger partial charge in [0.15, 0.2) is 11.0 Å². The van der Waals surface area contributed by atoms with Gasteiger partial charge < -0.3 is 18.7 Å². The van der Waals surface area contributed by atoms with Crippen molar-refractivity contribution in [1.29, 1.82) is 0 Å². The van der Waals surface area contributed by atoms with E-state index in [-0.39, 0.29) is 35.9 Å². The molecule has 0 bridgehead atoms. The lowest BCUT2D eigenvalue weighted by Gasteiger charge is -2.33. The maximum atomic E-state index is 13.0. The van der Waals surface area contributed by atoms with Gasteiger partial charge in [0.2, 0.25) is 5.91 Å². The van der Waals surface area contributed by atoms with Gasteiger partial charge in [-0.25, -0.2) is 4.39 Å². The highest BCUT2D eigenvalue weighted by Crippen LogP contribution is 2.30. The molecule has 3 heterocycles. The Kier molecular flexibility index (Phi) is 6.93. The number of hydrogen-bond acceptors (Lipinski definition) is 7. The topological polar surface area (TPSA) is 94.5 Å². The van der Waals surface area contributed by atoms with E-state index in [4.69, 9.17) is 25.4 Å². The van der Waals surface area contributed by atoms with Crippen LogP contribution in [0.25, 0.3) is 0 Å². The minimum atomic E-state index is -0.290. The second kappa shape index (κ2) is 10.0. The lowest BCUT2D eigenvalue weighted by Crippen LogP contribution is -2.39. The van der Waals surface area contributed by atoms with Crippen LogP contribution >= 0.6 is 11.6 Å². The van der Waals surface area contributed by atoms with Crippen LogP contribution in [0, 0.1) is 5.82 Å². The lowest BCUT2D eigenvalue weighted by molar-refractivity contribution is -0.135. The first-order valence-corrected chi connectivity index (χ1v) is 10.5. The number of carbonyl (C=O) groups excluding carboxylic acids is 1. The highest BCUT2D eigenvalue weighted by Gasteiger charge is 2.31. The Morgan fingerprint density at radius 3 is 2.81 bits per heavy atom. The zero-order valence-electron chi connectivity index (χ0n) is 16.8. The summed E-state index contributed by atoms with van der Waals surface area (Å²) in [5.41, 5.74) is 0.846. The Hall–Kier alpha value is -2.78. The number of halogens is 2. The molecule has 1 saturated heterocycles. The Bertz CT molecular complexity index is 1010. The van der Waals surface area contributed by atoms with E-state index in [1.807, 2.05) is 0 Å². The first kappa shape index (κ1) is 21.5. The first-order valence-electron chi connectivity index (χ1n) is 10.1. The largest absolute Gasteiger partial charge is 0.367 e. The van der Waals surface area contributed by atoms with Gasteiger partial charge in [-0.2, -0.15) is 4.98 Å². The molecule has 1 atom stereocenters. The third kappa shape index (κ3) is 5.68. The standard InChI is InChI=1S/C21H22ClFN4O4/c22-18-11-16(30-25-18)8-9-20(28)27-10-2-1-3-17(27)21-24-19(31-26-21)13-29-12-14-4-6-15(23)7-5-14/h4-7,11,17H,1-3,8-10,12-13H2. The van der Waals surface area contributed by atoms with Gasteiger partial charge >= 0.3 is 0 Å². The van der Waals surface area contributed by atoms with Crippen LogP contribution in [0.1, 0.15) is 54.8 Å². The number of aryl methyl sites for hydroxylation is 1. The molecular weight excluding hydrogens is 427 g/mol. The van der Waals surface area contributed by atoms with Crippen LogP contribution < -0.4 is 0 Å². The van der Waals surface area contributed by atoms with Gasteiger partial charge in [-0.3, -0.25) is 4.79 Å². The molecule has 1 fully saturated rings. The van der Waals surface area contributed by atoms with E-state index in [0.717, 1.165) is 24.8 Å². The molecule has 1 aromatic carbocycles. The summed E-state index contributed by atoms with van der Waals surface area (Å²) in [5.74, 6) is 1.10. The van der Waals surface area contributed by atoms with E-state index in [9.17, 15) is 9.18 Å². The molecule has 0 radical (unpaired) electrons. The molecule has 1 aliphatic heterocycles. The minimum Gasteiger partial charge on any atom is -0.367 e. The summed E-state index contributed by atoms with van der Waals surface area (Å²) in [4.78, 5) is 19.0. The molecule has 1 amide bonds. The van der Waals surface area contributed by atoms with Crippen molar-refractivity contribution in [3.63, 3.8) is 0 Å². The fourth-order valence-corrected chi connectivity index (χ4v) is 3.73. The summed E-state index contributed by atoms with van der Waals surface area (Å²) in [6.07, 6.45) is 3.40. The van der Waals surface area contributed by atoms with Gasteiger partial charge in [-0.05, 0) is 37.0 Å². The van der Waals surface area contributed by atoms with Crippen LogP contribution in [-0.4, -0.2) is 32.6 Å². The van der Waals surface area contributed by atoms with Crippen molar-refractivity contribution in [3.8, 4) is 0 Å². The average molecular weight is 449 g/mol. The second-order valence-electron chi connectivity index (χ2n) is 7.38. The van der Waals surface area contributed by atoms with Crippen LogP contribution in [0.2, 0.25) is 5.15 Å². The number of benzene rings is 1. The molecule has 4 rings (SSSR count). The Morgan fingerprint density at radius 1 is 1.19 bits per heavy atom. The smallest absolute Gasteiger partial charge is 0.252 e. The molecule has 0 spiro atoms. The number of hydrogen-bond donors (Lipinski definition) is 0. The molecular formula is C21H22ClFN4O4. The van der Waals surface area contributed by atoms with Gasteiger partial charge in [-0.1, -0.05) is 34.0 Å². The van der Waals surface area contributed by atoms with Crippen LogP contribution in [0.5, 0.6) is 0 Å². The van der Waals surface area contributed by atoms with Crippen molar-refractivity contribution in [2.75, 3.05) is 6.54 Å². The van der Waals surface area contributed by atoms with E-state index in [1.165, 1.54) is 12.1 Å². The zero-order chi connectivity index (χ0) is 21.6. The predicted octanol–water partition coefficient (Wildman–Crippen LogP) is 4.25. The van der Waals surface area contributed by atoms with Gasteiger partial charge in [0.25, 0.3) is 5.89 Å². The van der Waals surface area contributed by atoms with Crippen LogP contribution in [0.3, 0.4) is 0 Å². The Labute approximate surface area is 183 Å². The van der Waals surface area contributed by atoms with Gasteiger partial charge in [-0.15, -0.1) is 0 Å². The molecule has 1 aliphatic rings. The van der Waals surface area contributed by atoms with Crippen molar-refractivity contribution >= 4 is 17.5 Å². The molecule has 10 heteroatoms. The zero-order valence-corrected chi connectivity index (χ0v) is 17.6. The van der Waals surface area contributed by atoms with E-state index in [0.29, 0.717) is 37.0 Å². The molecule has 3 aromatic rings. The van der Waals surface area contributed by atoms with E-state index >= 15 is 0 Å². The maximum absolute atomic E-state index is 13.0. The first-order chi connectivity index (χ1) is 15.1. The number of aromatic nitrogens is 3. The number of nitrogens with zero attached hydrogens (tertiary/aromatic N) is 4. The second-order valence-corrected chi connectivity index (χ2v) is 7.77. The molecule has 0 aliphatic carbocycles. The monoisotopic (exact) mass is 448 g/mol. The number of amides is 1. The van der Waals surface area contributed by atoms with Gasteiger partial charge in [0.05, 0.1) is 12.6 Å². The quantitative estimate of drug-likeness (QED) is 0.508. The molecule has 1 unspecified atom stereocenters. The summed E-state index contributed by atoms with van der Waals surface area (Å²) < 4.78 is 28.9. The summed E-state index contributed by atoms with van der Waals surface area (Å²) in [6, 6.07) is 7.47. The number of piperidine rings is 1. The fourth-order valence-electron chi connectivity index (χ4n) is 3.58. The lowest BCUT2D eigenvalue weighted by atomic mass is 10.0. The Balaban J connectivity index is 1.32. The number of ether oxygens (including phenoxy) is 1. The normalized spacial score (nSPS) is 16.6. The van der Waals surface area contributed by atoms with Crippen molar-refractivity contribution in [3.05, 3.63) is 64.3 Å². The summed E-state index contributed by atoms with van der Waals surface area (Å²) >= 11 is 5.75. The van der Waals surface area contributed by atoms with Crippen molar-refractivity contribution in [2.24, 2.45) is 0 Å². The summed E-state index contributed by atoms with van der Waals surface area (Å²) in [7, 11) is 0. The third-order valence-electron chi connectivity index (χ3n) is 5.13. The number of carbonyl (C=O) groups is 1. The SMILES string of the molecule is O=C(CCc1cc(Cl)no1)N1CCCCC1c1noc(COCc2ccc(F)cc2)n1. The highest BCUT2D eigenvalue weighted by atomic mass is 35.5. The van der Waals surface area contributed by atoms with Crippen LogP contribution in [0.15, 0.2) is 39.4 Å². The van der Waals surface area contributed by atoms with Gasteiger partial charge in [0, 0.05) is 25.5 Å². The third-order valence-corrected chi connectivity index (χ3v) is 5.31. The molecule has 2 aromatic heterocycles. The average Bonchev–Trinajstić information content (AvgIpc) is 3.42. The molecule has 0 saturated carbocycles. The maximum Gasteiger partial charge on any atom is 0.252 e. The van der Waals surface area contributed by atoms with Crippen molar-refractivity contribution in [1.82, 2.24) is 20.2 Å². The molecule has 31 heavy (non-hydrogen) atoms. The van der Waals surface area contributed by atoms with E-state index in [2.05, 4.69) is 15.3 Å². The number of likely N-dealkylation sites (tertiary alicyclic amines) is 1. The summed E-state index contributed by atoms with van der Waals surface area (Å²) in [5, 5.41) is 7.98. The van der Waals surface area contributed by atoms with Gasteiger partial charge in [0.1, 0.15) is 18.2 Å². The summed E-state index contributed by atoms with van der Waals surface area (Å²) in [6.45, 7) is 1.08. The van der Waals surface area contributed by atoms with E-state index in [1.54, 1.807) is 23.1 Å². The van der Waals surface area contributed by atoms with E-state index < -0.39 is 0 Å². The molecule has 164 valence electrons. The Morgan fingerprint density at radius 2 is 2.03 bits per heavy atom. The van der Waals surface area contributed by atoms with Crippen LogP contribution in [0.4, 0.5) is 4.39 Å². The van der Waals surface area contributed by atoms with Crippen molar-refractivity contribution < 1.29 is 23.0 Å². The predicted molar refractivity (Wildman–Crippen MR) is 107 cm³/mol.